The number of rotatable bonds is 4. The van der Waals surface area contributed by atoms with Crippen molar-refractivity contribution in [1.29, 1.82) is 0 Å². The van der Waals surface area contributed by atoms with Crippen LogP contribution in [0.2, 0.25) is 0 Å². The minimum atomic E-state index is 0. The number of fused-ring (bicyclic) bond motifs is 6. The van der Waals surface area contributed by atoms with Crippen molar-refractivity contribution in [2.75, 3.05) is 0 Å². The third-order valence-electron chi connectivity index (χ3n) is 9.59. The van der Waals surface area contributed by atoms with Crippen LogP contribution in [0.5, 0.6) is 0 Å². The van der Waals surface area contributed by atoms with E-state index in [1.807, 2.05) is 67.0 Å². The van der Waals surface area contributed by atoms with Gasteiger partial charge in [0.25, 0.3) is 0 Å². The zero-order valence-corrected chi connectivity index (χ0v) is 33.2. The fourth-order valence-corrected chi connectivity index (χ4v) is 6.84. The van der Waals surface area contributed by atoms with Crippen LogP contribution in [0.1, 0.15) is 43.0 Å². The maximum absolute atomic E-state index is 6.58. The molecule has 0 unspecified atom stereocenters. The van der Waals surface area contributed by atoms with Gasteiger partial charge in [0, 0.05) is 54.0 Å². The first kappa shape index (κ1) is 36.0. The van der Waals surface area contributed by atoms with Gasteiger partial charge < -0.3 is 18.8 Å². The molecule has 4 heterocycles. The zero-order chi connectivity index (χ0) is 36.0. The molecule has 5 aromatic carbocycles. The molecule has 0 spiro atoms. The van der Waals surface area contributed by atoms with E-state index in [-0.39, 0.29) is 25.5 Å². The van der Waals surface area contributed by atoms with Crippen LogP contribution in [-0.4, -0.2) is 9.97 Å². The molecule has 0 amide bonds. The van der Waals surface area contributed by atoms with Crippen molar-refractivity contribution in [3.63, 3.8) is 0 Å². The summed E-state index contributed by atoms with van der Waals surface area (Å²) in [7, 11) is 0. The topological polar surface area (TPSA) is 52.1 Å². The van der Waals surface area contributed by atoms with Crippen LogP contribution in [0.25, 0.3) is 77.5 Å². The molecule has 0 saturated heterocycles. The van der Waals surface area contributed by atoms with E-state index in [9.17, 15) is 0 Å². The van der Waals surface area contributed by atoms with Gasteiger partial charge in [-0.1, -0.05) is 81.8 Å². The number of hydrogen-bond acceptors (Lipinski definition) is 4. The molecular weight excluding hydrogens is 829 g/mol. The van der Waals surface area contributed by atoms with Gasteiger partial charge in [-0.05, 0) is 72.0 Å². The molecule has 5 heteroatoms. The summed E-state index contributed by atoms with van der Waals surface area (Å²) in [6, 6.07) is 43.7. The molecule has 0 N–H and O–H groups in total. The van der Waals surface area contributed by atoms with Gasteiger partial charge in [0.2, 0.25) is 0 Å². The molecule has 265 valence electrons. The second-order valence-electron chi connectivity index (χ2n) is 14.9. The molecule has 1 radical (unpaired) electrons. The molecule has 53 heavy (non-hydrogen) atoms. The molecule has 0 saturated carbocycles. The monoisotopic (exact) mass is 869 g/mol. The molecule has 0 aliphatic heterocycles. The van der Waals surface area contributed by atoms with Gasteiger partial charge in [-0.25, -0.2) is 0 Å². The molecule has 0 aliphatic rings. The van der Waals surface area contributed by atoms with Crippen molar-refractivity contribution in [3.05, 3.63) is 156 Å². The van der Waals surface area contributed by atoms with Gasteiger partial charge in [0.15, 0.2) is 0 Å². The van der Waals surface area contributed by atoms with Crippen LogP contribution >= 0.6 is 0 Å². The van der Waals surface area contributed by atoms with Crippen molar-refractivity contribution in [2.24, 2.45) is 5.41 Å². The Morgan fingerprint density at radius 3 is 1.79 bits per heavy atom. The average molecular weight is 869 g/mol. The molecule has 9 rings (SSSR count). The second-order valence-corrected chi connectivity index (χ2v) is 14.9. The largest absolute Gasteiger partial charge is 0.455 e. The van der Waals surface area contributed by atoms with E-state index in [1.165, 1.54) is 22.3 Å². The van der Waals surface area contributed by atoms with E-state index >= 15 is 0 Å². The van der Waals surface area contributed by atoms with Crippen LogP contribution in [-0.2, 0) is 26.5 Å². The molecule has 0 bridgehead atoms. The van der Waals surface area contributed by atoms with Crippen molar-refractivity contribution < 1.29 is 28.9 Å². The number of nitrogens with zero attached hydrogens (tertiary/aromatic N) is 2. The van der Waals surface area contributed by atoms with Crippen LogP contribution in [0.3, 0.4) is 0 Å². The number of benzene rings is 5. The minimum Gasteiger partial charge on any atom is -0.455 e. The molecule has 4 nitrogen and oxygen atoms in total. The Morgan fingerprint density at radius 1 is 0.604 bits per heavy atom. The van der Waals surface area contributed by atoms with E-state index in [4.69, 9.17) is 13.8 Å². The number of para-hydroxylation sites is 2. The van der Waals surface area contributed by atoms with Crippen molar-refractivity contribution in [3.8, 4) is 33.6 Å². The van der Waals surface area contributed by atoms with E-state index < -0.39 is 0 Å². The Labute approximate surface area is 324 Å². The summed E-state index contributed by atoms with van der Waals surface area (Å²) in [6.45, 7) is 13.0. The molecular formula is C48H40IrN2O2-2. The maximum Gasteiger partial charge on any atom is 0.147 e. The van der Waals surface area contributed by atoms with Crippen LogP contribution in [0.4, 0.5) is 0 Å². The normalized spacial score (nSPS) is 11.5. The number of aryl methyl sites for hydroxylation is 3. The predicted molar refractivity (Wildman–Crippen MR) is 214 cm³/mol. The third kappa shape index (κ3) is 7.20. The average Bonchev–Trinajstić information content (AvgIpc) is 3.71. The summed E-state index contributed by atoms with van der Waals surface area (Å²) in [6.07, 6.45) is 4.80. The first-order valence-electron chi connectivity index (χ1n) is 17.8. The zero-order valence-electron chi connectivity index (χ0n) is 30.8. The summed E-state index contributed by atoms with van der Waals surface area (Å²) >= 11 is 0. The molecule has 0 aliphatic carbocycles. The van der Waals surface area contributed by atoms with Gasteiger partial charge in [0.05, 0.1) is 5.56 Å². The second kappa shape index (κ2) is 14.6. The Balaban J connectivity index is 0.000000229. The number of aromatic nitrogens is 2. The smallest absolute Gasteiger partial charge is 0.147 e. The van der Waals surface area contributed by atoms with Crippen molar-refractivity contribution in [1.82, 2.24) is 9.97 Å². The van der Waals surface area contributed by atoms with Gasteiger partial charge in [0.1, 0.15) is 22.3 Å². The molecule has 9 aromatic rings. The minimum absolute atomic E-state index is 0. The van der Waals surface area contributed by atoms with Crippen LogP contribution in [0, 0.1) is 38.3 Å². The quantitative estimate of drug-likeness (QED) is 0.165. The summed E-state index contributed by atoms with van der Waals surface area (Å²) in [4.78, 5) is 9.28. The molecule has 0 fully saturated rings. The Bertz CT molecular complexity index is 2630. The number of furan rings is 2. The Morgan fingerprint density at radius 2 is 1.21 bits per heavy atom. The van der Waals surface area contributed by atoms with Crippen molar-refractivity contribution in [2.45, 2.75) is 48.0 Å². The summed E-state index contributed by atoms with van der Waals surface area (Å²) in [5, 5.41) is 4.40. The number of pyridine rings is 2. The van der Waals surface area contributed by atoms with Gasteiger partial charge in [-0.3, -0.25) is 0 Å². The first-order valence-corrected chi connectivity index (χ1v) is 17.8. The summed E-state index contributed by atoms with van der Waals surface area (Å²) in [5.41, 5.74) is 14.4. The molecule has 4 aromatic heterocycles. The van der Waals surface area contributed by atoms with Gasteiger partial charge >= 0.3 is 0 Å². The van der Waals surface area contributed by atoms with E-state index in [2.05, 4.69) is 113 Å². The fraction of sp³-hybridized carbons (Fsp3) is 0.167. The summed E-state index contributed by atoms with van der Waals surface area (Å²) in [5.74, 6) is 0. The standard InChI is InChI=1S/C34H26NO2.C14H14N.Ir/c1-34(2,3)19-22-20-35-28(21-11-5-4-6-12-21)18-25(22)31-32-26(23-13-7-9-15-29(23)36-32)17-27-24-14-8-10-16-30(24)37-33(27)31;1-10-4-6-13(7-5-10)14-8-11(2)12(3)9-15-14;/h4-11,13-18,20H,19H2,1-3H3;4-6,8-9H,1-3H3;/q2*-1;. The van der Waals surface area contributed by atoms with E-state index in [0.29, 0.717) is 0 Å². The van der Waals surface area contributed by atoms with Gasteiger partial charge in [-0.2, -0.15) is 0 Å². The van der Waals surface area contributed by atoms with Crippen molar-refractivity contribution >= 4 is 43.9 Å². The summed E-state index contributed by atoms with van der Waals surface area (Å²) < 4.78 is 13.2. The SMILES string of the molecule is CC(C)(C)Cc1cnc(-c2[c-]cccc2)cc1-c1c2oc3ccccc3c2cc2c1oc1ccccc12.Cc1c[c-]c(-c2cc(C)c(C)cn2)cc1.[Ir]. The van der Waals surface area contributed by atoms with E-state index in [0.717, 1.165) is 83.9 Å². The Hall–Kier alpha value is -5.35. The number of hydrogen-bond donors (Lipinski definition) is 0. The first-order chi connectivity index (χ1) is 25.1. The third-order valence-corrected chi connectivity index (χ3v) is 9.59. The maximum atomic E-state index is 6.58. The predicted octanol–water partition coefficient (Wildman–Crippen LogP) is 13.1. The fourth-order valence-electron chi connectivity index (χ4n) is 6.84. The van der Waals surface area contributed by atoms with E-state index in [1.54, 1.807) is 0 Å². The van der Waals surface area contributed by atoms with Crippen LogP contribution in [0.15, 0.2) is 130 Å². The van der Waals surface area contributed by atoms with Gasteiger partial charge in [-0.15, -0.1) is 71.3 Å². The van der Waals surface area contributed by atoms with Crippen LogP contribution < -0.4 is 0 Å². The Kier molecular flexibility index (Phi) is 9.91. The molecule has 0 atom stereocenters.